The van der Waals surface area contributed by atoms with E-state index in [2.05, 4.69) is 142 Å². The van der Waals surface area contributed by atoms with Crippen LogP contribution in [0.15, 0.2) is 134 Å². The van der Waals surface area contributed by atoms with Gasteiger partial charge >= 0.3 is 0 Å². The molecule has 0 amide bonds. The van der Waals surface area contributed by atoms with Crippen molar-refractivity contribution in [3.8, 4) is 39.1 Å². The Hall–Kier alpha value is -4.14. The van der Waals surface area contributed by atoms with E-state index in [1.165, 1.54) is 49.7 Å². The smallest absolute Gasteiger partial charge is 0.119 e. The minimum absolute atomic E-state index is 0.327. The van der Waals surface area contributed by atoms with Gasteiger partial charge in [-0.3, -0.25) is 0 Å². The van der Waals surface area contributed by atoms with Gasteiger partial charge < -0.3 is 4.74 Å². The number of hydrogen-bond donors (Lipinski definition) is 0. The van der Waals surface area contributed by atoms with E-state index < -0.39 is 8.07 Å². The summed E-state index contributed by atoms with van der Waals surface area (Å²) in [5, 5.41) is 1.42. The van der Waals surface area contributed by atoms with Crippen molar-refractivity contribution in [2.45, 2.75) is 31.5 Å². The fourth-order valence-electron chi connectivity index (χ4n) is 6.82. The van der Waals surface area contributed by atoms with Crippen LogP contribution in [0.5, 0.6) is 5.75 Å². The summed E-state index contributed by atoms with van der Waals surface area (Å²) in [7, 11) is -2.19. The Labute approximate surface area is 239 Å². The van der Waals surface area contributed by atoms with Gasteiger partial charge in [0.1, 0.15) is 20.4 Å². The van der Waals surface area contributed by atoms with Crippen LogP contribution in [0.25, 0.3) is 33.4 Å². The number of ether oxygens (including phenoxy) is 1. The minimum Gasteiger partial charge on any atom is -0.490 e. The lowest BCUT2D eigenvalue weighted by atomic mass is 9.98. The quantitative estimate of drug-likeness (QED) is 0.135. The highest BCUT2D eigenvalue weighted by Gasteiger charge is 2.47. The van der Waals surface area contributed by atoms with E-state index >= 15 is 0 Å². The van der Waals surface area contributed by atoms with Crippen LogP contribution < -0.4 is 9.92 Å². The van der Waals surface area contributed by atoms with E-state index in [4.69, 9.17) is 4.74 Å². The Kier molecular flexibility index (Phi) is 7.28. The summed E-state index contributed by atoms with van der Waals surface area (Å²) in [6.45, 7) is 9.23. The second kappa shape index (κ2) is 11.2. The molecule has 0 atom stereocenters. The fraction of sp³-hybridized carbons (Fsp3) is 0.158. The van der Waals surface area contributed by atoms with Crippen molar-refractivity contribution in [3.63, 3.8) is 0 Å². The maximum atomic E-state index is 6.33. The second-order valence-electron chi connectivity index (χ2n) is 10.7. The zero-order valence-electron chi connectivity index (χ0n) is 23.4. The van der Waals surface area contributed by atoms with Crippen LogP contribution in [-0.4, -0.2) is 14.7 Å². The fourth-order valence-corrected chi connectivity index (χ4v) is 12.0. The molecule has 1 aliphatic rings. The average Bonchev–Trinajstić information content (AvgIpc) is 3.36. The lowest BCUT2D eigenvalue weighted by Gasteiger charge is -2.38. The van der Waals surface area contributed by atoms with Crippen molar-refractivity contribution in [1.29, 1.82) is 0 Å². The van der Waals surface area contributed by atoms with Gasteiger partial charge in [-0.1, -0.05) is 154 Å². The van der Waals surface area contributed by atoms with Crippen molar-refractivity contribution >= 4 is 13.3 Å². The van der Waals surface area contributed by atoms with Crippen LogP contribution in [0.3, 0.4) is 0 Å². The Balaban J connectivity index is 1.61. The van der Waals surface area contributed by atoms with Crippen molar-refractivity contribution in [2.24, 2.45) is 0 Å². The summed E-state index contributed by atoms with van der Waals surface area (Å²) in [6, 6.07) is 46.9. The Morgan fingerprint density at radius 1 is 0.625 bits per heavy atom. The lowest BCUT2D eigenvalue weighted by Crippen LogP contribution is -2.52. The predicted octanol–water partition coefficient (Wildman–Crippen LogP) is 9.63. The summed E-state index contributed by atoms with van der Waals surface area (Å²) in [5.41, 5.74) is 11.1. The molecule has 198 valence electrons. The molecule has 0 radical (unpaired) electrons. The Morgan fingerprint density at radius 3 is 1.62 bits per heavy atom. The number of rotatable bonds is 9. The van der Waals surface area contributed by atoms with E-state index in [9.17, 15) is 0 Å². The maximum absolute atomic E-state index is 6.33. The standard InChI is InChI=1S/C38H36OSi/c1-4-25-39-36-19-13-14-20-37(36)40(5-2,6-3)38-34-26-30(28-15-9-7-10-16-28)21-23-32(34)33-24-22-31(27-35(33)38)29-17-11-8-12-18-29/h4,7-24,26-27,38H,1,5-6,25H2,2-3H3. The van der Waals surface area contributed by atoms with Crippen molar-refractivity contribution in [2.75, 3.05) is 6.61 Å². The van der Waals surface area contributed by atoms with Gasteiger partial charge in [-0.05, 0) is 55.8 Å². The maximum Gasteiger partial charge on any atom is 0.119 e. The van der Waals surface area contributed by atoms with E-state index in [1.54, 1.807) is 0 Å². The number of para-hydroxylation sites is 1. The van der Waals surface area contributed by atoms with Crippen LogP contribution in [0.4, 0.5) is 0 Å². The number of fused-ring (bicyclic) bond motifs is 3. The van der Waals surface area contributed by atoms with Gasteiger partial charge in [0.15, 0.2) is 0 Å². The normalized spacial score (nSPS) is 12.6. The van der Waals surface area contributed by atoms with Gasteiger partial charge in [-0.15, -0.1) is 0 Å². The van der Waals surface area contributed by atoms with Gasteiger partial charge in [-0.25, -0.2) is 0 Å². The first kappa shape index (κ1) is 26.1. The highest BCUT2D eigenvalue weighted by molar-refractivity contribution is 6.94. The molecule has 0 aromatic heterocycles. The molecule has 0 aliphatic heterocycles. The Morgan fingerprint density at radius 2 is 1.12 bits per heavy atom. The first-order valence-corrected chi connectivity index (χ1v) is 16.9. The van der Waals surface area contributed by atoms with E-state index in [1.807, 2.05) is 6.08 Å². The van der Waals surface area contributed by atoms with Crippen molar-refractivity contribution in [3.05, 3.63) is 145 Å². The highest BCUT2D eigenvalue weighted by Crippen LogP contribution is 2.53. The summed E-state index contributed by atoms with van der Waals surface area (Å²) in [5.74, 6) is 1.02. The van der Waals surface area contributed by atoms with Gasteiger partial charge in [-0.2, -0.15) is 0 Å². The van der Waals surface area contributed by atoms with Crippen LogP contribution >= 0.6 is 0 Å². The molecule has 0 saturated heterocycles. The third kappa shape index (κ3) is 4.43. The van der Waals surface area contributed by atoms with Crippen LogP contribution in [0.2, 0.25) is 12.1 Å². The molecule has 0 N–H and O–H groups in total. The summed E-state index contributed by atoms with van der Waals surface area (Å²) < 4.78 is 6.33. The van der Waals surface area contributed by atoms with Crippen LogP contribution in [-0.2, 0) is 0 Å². The van der Waals surface area contributed by atoms with Gasteiger partial charge in [0, 0.05) is 5.54 Å². The van der Waals surface area contributed by atoms with Gasteiger partial charge in [0.2, 0.25) is 0 Å². The number of hydrogen-bond acceptors (Lipinski definition) is 1. The molecule has 1 nitrogen and oxygen atoms in total. The lowest BCUT2D eigenvalue weighted by molar-refractivity contribution is 0.366. The van der Waals surface area contributed by atoms with Gasteiger partial charge in [0.05, 0.1) is 0 Å². The third-order valence-corrected chi connectivity index (χ3v) is 14.6. The molecular formula is C38H36OSi. The molecule has 5 aromatic rings. The van der Waals surface area contributed by atoms with E-state index in [-0.39, 0.29) is 0 Å². The molecule has 6 rings (SSSR count). The molecule has 0 fully saturated rings. The van der Waals surface area contributed by atoms with Gasteiger partial charge in [0.25, 0.3) is 0 Å². The summed E-state index contributed by atoms with van der Waals surface area (Å²) >= 11 is 0. The molecular weight excluding hydrogens is 501 g/mol. The second-order valence-corrected chi connectivity index (χ2v) is 15.6. The number of benzene rings is 5. The van der Waals surface area contributed by atoms with Crippen LogP contribution in [0.1, 0.15) is 30.5 Å². The van der Waals surface area contributed by atoms with Crippen molar-refractivity contribution in [1.82, 2.24) is 0 Å². The summed E-state index contributed by atoms with van der Waals surface area (Å²) in [4.78, 5) is 0. The SMILES string of the molecule is C=CCOc1ccccc1[Si](CC)(CC)C1c2cc(-c3ccccc3)ccc2-c2ccc(-c3ccccc3)cc21. The largest absolute Gasteiger partial charge is 0.490 e. The zero-order valence-corrected chi connectivity index (χ0v) is 24.4. The summed E-state index contributed by atoms with van der Waals surface area (Å²) in [6.07, 6.45) is 1.84. The topological polar surface area (TPSA) is 9.23 Å². The van der Waals surface area contributed by atoms with Crippen LogP contribution in [0, 0.1) is 0 Å². The molecule has 0 saturated carbocycles. The predicted molar refractivity (Wildman–Crippen MR) is 173 cm³/mol. The van der Waals surface area contributed by atoms with Crippen molar-refractivity contribution < 1.29 is 4.74 Å². The monoisotopic (exact) mass is 536 g/mol. The Bertz CT molecular complexity index is 1540. The van der Waals surface area contributed by atoms with E-state index in [0.29, 0.717) is 12.1 Å². The zero-order chi connectivity index (χ0) is 27.5. The molecule has 40 heavy (non-hydrogen) atoms. The highest BCUT2D eigenvalue weighted by atomic mass is 28.3. The van der Waals surface area contributed by atoms with E-state index in [0.717, 1.165) is 17.8 Å². The molecule has 0 bridgehead atoms. The minimum atomic E-state index is -2.19. The average molecular weight is 537 g/mol. The molecule has 0 unspecified atom stereocenters. The molecule has 0 heterocycles. The molecule has 5 aromatic carbocycles. The molecule has 0 spiro atoms. The molecule has 1 aliphatic carbocycles. The molecule has 2 heteroatoms. The first-order valence-electron chi connectivity index (χ1n) is 14.4. The first-order chi connectivity index (χ1) is 19.7. The third-order valence-electron chi connectivity index (χ3n) is 8.82.